The Morgan fingerprint density at radius 3 is 2.81 bits per heavy atom. The molecule has 0 aliphatic carbocycles. The molecule has 0 radical (unpaired) electrons. The van der Waals surface area contributed by atoms with Gasteiger partial charge in [-0.05, 0) is 30.7 Å². The molecule has 2 aromatic heterocycles. The van der Waals surface area contributed by atoms with E-state index < -0.39 is 5.97 Å². The Morgan fingerprint density at radius 1 is 1.09 bits per heavy atom. The monoisotopic (exact) mass is 449 g/mol. The van der Waals surface area contributed by atoms with Crippen LogP contribution in [0.25, 0.3) is 15.2 Å². The molecule has 0 spiro atoms. The summed E-state index contributed by atoms with van der Waals surface area (Å²) in [5, 5.41) is 0. The zero-order valence-electron chi connectivity index (χ0n) is 17.0. The second-order valence-electron chi connectivity index (χ2n) is 7.37. The fourth-order valence-electron chi connectivity index (χ4n) is 3.70. The molecule has 2 aromatic carbocycles. The van der Waals surface area contributed by atoms with E-state index >= 15 is 0 Å². The second kappa shape index (κ2) is 8.43. The van der Waals surface area contributed by atoms with E-state index in [-0.39, 0.29) is 24.7 Å². The van der Waals surface area contributed by atoms with Gasteiger partial charge in [0.1, 0.15) is 12.4 Å². The van der Waals surface area contributed by atoms with Gasteiger partial charge in [-0.25, -0.2) is 9.78 Å². The van der Waals surface area contributed by atoms with Gasteiger partial charge in [-0.1, -0.05) is 29.5 Å². The fraction of sp³-hybridized carbons (Fsp3) is 0.217. The first-order valence-corrected chi connectivity index (χ1v) is 11.0. The minimum atomic E-state index is -0.578. The summed E-state index contributed by atoms with van der Waals surface area (Å²) in [5.41, 5.74) is 1.71. The molecule has 162 valence electrons. The van der Waals surface area contributed by atoms with Gasteiger partial charge in [-0.15, -0.1) is 0 Å². The molecule has 1 saturated heterocycles. The van der Waals surface area contributed by atoms with Gasteiger partial charge in [0.05, 0.1) is 15.9 Å². The molecule has 3 heterocycles. The van der Waals surface area contributed by atoms with Crippen LogP contribution < -0.4 is 15.2 Å². The largest absolute Gasteiger partial charge is 0.482 e. The molecule has 8 nitrogen and oxygen atoms in total. The predicted octanol–water partition coefficient (Wildman–Crippen LogP) is 3.16. The first-order valence-electron chi connectivity index (χ1n) is 10.2. The Balaban J connectivity index is 1.22. The molecule has 1 aliphatic heterocycles. The molecular weight excluding hydrogens is 430 g/mol. The maximum atomic E-state index is 12.5. The normalized spacial score (nSPS) is 13.8. The summed E-state index contributed by atoms with van der Waals surface area (Å²) in [7, 11) is 0. The van der Waals surface area contributed by atoms with Crippen LogP contribution in [0.3, 0.4) is 0 Å². The standard InChI is InChI=1S/C23H19N3O5S/c27-20-9-4-10-25(20)16-5-3-6-17(12-16)30-14-22(29)31-13-15-11-21(28)26-18-7-1-2-8-19(18)32-23(26)24-15/h1-3,5-8,11-12H,4,9-10,13-14H2. The fourth-order valence-corrected chi connectivity index (χ4v) is 4.75. The van der Waals surface area contributed by atoms with Crippen LogP contribution in [0.1, 0.15) is 18.5 Å². The van der Waals surface area contributed by atoms with Crippen molar-refractivity contribution in [1.29, 1.82) is 0 Å². The van der Waals surface area contributed by atoms with E-state index in [9.17, 15) is 14.4 Å². The molecule has 1 amide bonds. The van der Waals surface area contributed by atoms with Crippen molar-refractivity contribution in [1.82, 2.24) is 9.38 Å². The van der Waals surface area contributed by atoms with Gasteiger partial charge in [-0.3, -0.25) is 14.0 Å². The van der Waals surface area contributed by atoms with Gasteiger partial charge in [-0.2, -0.15) is 0 Å². The topological polar surface area (TPSA) is 90.2 Å². The van der Waals surface area contributed by atoms with E-state index in [0.717, 1.165) is 22.3 Å². The number of benzene rings is 2. The summed E-state index contributed by atoms with van der Waals surface area (Å²) in [6.07, 6.45) is 1.38. The highest BCUT2D eigenvalue weighted by molar-refractivity contribution is 7.23. The highest BCUT2D eigenvalue weighted by atomic mass is 32.1. The van der Waals surface area contributed by atoms with Crippen LogP contribution in [-0.2, 0) is 20.9 Å². The number of rotatable bonds is 6. The number of nitrogens with zero attached hydrogens (tertiary/aromatic N) is 3. The molecule has 1 fully saturated rings. The second-order valence-corrected chi connectivity index (χ2v) is 8.38. The highest BCUT2D eigenvalue weighted by Crippen LogP contribution is 2.26. The van der Waals surface area contributed by atoms with E-state index in [1.54, 1.807) is 27.5 Å². The lowest BCUT2D eigenvalue weighted by molar-refractivity contribution is -0.147. The van der Waals surface area contributed by atoms with Crippen LogP contribution >= 0.6 is 11.3 Å². The van der Waals surface area contributed by atoms with E-state index in [0.29, 0.717) is 29.4 Å². The molecule has 0 atom stereocenters. The molecule has 0 bridgehead atoms. The molecule has 0 N–H and O–H groups in total. The number of carbonyl (C=O) groups is 2. The number of aromatic nitrogens is 2. The van der Waals surface area contributed by atoms with Gasteiger partial charge in [0.15, 0.2) is 11.6 Å². The number of hydrogen-bond donors (Lipinski definition) is 0. The highest BCUT2D eigenvalue weighted by Gasteiger charge is 2.22. The van der Waals surface area contributed by atoms with Crippen LogP contribution in [0.2, 0.25) is 0 Å². The molecular formula is C23H19N3O5S. The third-order valence-electron chi connectivity index (χ3n) is 5.19. The Morgan fingerprint density at radius 2 is 1.97 bits per heavy atom. The lowest BCUT2D eigenvalue weighted by atomic mass is 10.3. The molecule has 5 rings (SSSR count). The maximum absolute atomic E-state index is 12.5. The number of para-hydroxylation sites is 1. The summed E-state index contributed by atoms with van der Waals surface area (Å²) in [6.45, 7) is 0.271. The van der Waals surface area contributed by atoms with Crippen LogP contribution in [0.4, 0.5) is 5.69 Å². The van der Waals surface area contributed by atoms with Crippen molar-refractivity contribution in [3.8, 4) is 5.75 Å². The van der Waals surface area contributed by atoms with E-state index in [1.807, 2.05) is 30.3 Å². The number of fused-ring (bicyclic) bond motifs is 3. The summed E-state index contributed by atoms with van der Waals surface area (Å²) < 4.78 is 13.3. The first-order chi connectivity index (χ1) is 15.6. The first kappa shape index (κ1) is 20.2. The quantitative estimate of drug-likeness (QED) is 0.420. The van der Waals surface area contributed by atoms with Crippen molar-refractivity contribution in [3.63, 3.8) is 0 Å². The summed E-state index contributed by atoms with van der Waals surface area (Å²) in [5.74, 6) is -0.0197. The van der Waals surface area contributed by atoms with E-state index in [4.69, 9.17) is 9.47 Å². The van der Waals surface area contributed by atoms with E-state index in [1.165, 1.54) is 17.4 Å². The van der Waals surface area contributed by atoms with E-state index in [2.05, 4.69) is 4.98 Å². The predicted molar refractivity (Wildman–Crippen MR) is 120 cm³/mol. The third kappa shape index (κ3) is 3.94. The maximum Gasteiger partial charge on any atom is 0.344 e. The number of amides is 1. The number of carbonyl (C=O) groups excluding carboxylic acids is 2. The van der Waals surface area contributed by atoms with Gasteiger partial charge < -0.3 is 14.4 Å². The molecule has 0 unspecified atom stereocenters. The molecule has 0 saturated carbocycles. The minimum absolute atomic E-state index is 0.0839. The van der Waals surface area contributed by atoms with Gasteiger partial charge in [0, 0.05) is 30.8 Å². The molecule has 1 aliphatic rings. The Labute approximate surface area is 186 Å². The zero-order chi connectivity index (χ0) is 22.1. The average molecular weight is 449 g/mol. The van der Waals surface area contributed by atoms with Crippen LogP contribution in [0.15, 0.2) is 59.4 Å². The van der Waals surface area contributed by atoms with Crippen molar-refractivity contribution in [3.05, 3.63) is 70.6 Å². The number of thiazole rings is 1. The van der Waals surface area contributed by atoms with Gasteiger partial charge >= 0.3 is 5.97 Å². The van der Waals surface area contributed by atoms with Gasteiger partial charge in [0.2, 0.25) is 5.91 Å². The molecule has 32 heavy (non-hydrogen) atoms. The van der Waals surface area contributed by atoms with Gasteiger partial charge in [0.25, 0.3) is 5.56 Å². The Hall–Kier alpha value is -3.72. The minimum Gasteiger partial charge on any atom is -0.482 e. The van der Waals surface area contributed by atoms with Crippen LogP contribution in [-0.4, -0.2) is 34.4 Å². The number of ether oxygens (including phenoxy) is 2. The Kier molecular flexibility index (Phi) is 5.32. The third-order valence-corrected chi connectivity index (χ3v) is 6.21. The smallest absolute Gasteiger partial charge is 0.344 e. The van der Waals surface area contributed by atoms with Crippen molar-refractivity contribution in [2.45, 2.75) is 19.4 Å². The average Bonchev–Trinajstić information content (AvgIpc) is 3.39. The van der Waals surface area contributed by atoms with Crippen LogP contribution in [0, 0.1) is 0 Å². The lowest BCUT2D eigenvalue weighted by Crippen LogP contribution is -2.23. The van der Waals surface area contributed by atoms with Crippen molar-refractivity contribution in [2.24, 2.45) is 0 Å². The lowest BCUT2D eigenvalue weighted by Gasteiger charge is -2.16. The molecule has 9 heteroatoms. The number of anilines is 1. The summed E-state index contributed by atoms with van der Waals surface area (Å²) >= 11 is 1.40. The van der Waals surface area contributed by atoms with Crippen molar-refractivity contribution >= 4 is 44.1 Å². The van der Waals surface area contributed by atoms with Crippen molar-refractivity contribution < 1.29 is 19.1 Å². The Bertz CT molecular complexity index is 1390. The summed E-state index contributed by atoms with van der Waals surface area (Å²) in [4.78, 5) is 43.3. The summed E-state index contributed by atoms with van der Waals surface area (Å²) in [6, 6.07) is 16.0. The molecule has 4 aromatic rings. The van der Waals surface area contributed by atoms with Crippen LogP contribution in [0.5, 0.6) is 5.75 Å². The van der Waals surface area contributed by atoms with Crippen molar-refractivity contribution in [2.75, 3.05) is 18.1 Å². The SMILES string of the molecule is O=C(COc1cccc(N2CCCC2=O)c1)OCc1cc(=O)n2c(n1)sc1ccccc12. The number of hydrogen-bond acceptors (Lipinski definition) is 7. The zero-order valence-corrected chi connectivity index (χ0v) is 17.8. The number of esters is 1.